The van der Waals surface area contributed by atoms with Gasteiger partial charge in [-0.05, 0) is 75.6 Å². The van der Waals surface area contributed by atoms with Crippen molar-refractivity contribution >= 4 is 28.5 Å². The first-order chi connectivity index (χ1) is 17.5. The SMILES string of the molecule is C=C1CC(CC)(CO)CC(C)(Nc2cc(=O)c3cc(C)cc(C(C)Nc4ccccc4C(=O)O)c3o2)C1. The monoisotopic (exact) mass is 504 g/mol. The van der Waals surface area contributed by atoms with E-state index in [1.54, 1.807) is 24.3 Å². The fourth-order valence-electron chi connectivity index (χ4n) is 5.88. The van der Waals surface area contributed by atoms with E-state index in [9.17, 15) is 19.8 Å². The Morgan fingerprint density at radius 2 is 1.95 bits per heavy atom. The summed E-state index contributed by atoms with van der Waals surface area (Å²) in [6.45, 7) is 12.3. The van der Waals surface area contributed by atoms with Crippen LogP contribution >= 0.6 is 0 Å². The van der Waals surface area contributed by atoms with Crippen molar-refractivity contribution in [3.05, 3.63) is 81.5 Å². The van der Waals surface area contributed by atoms with Gasteiger partial charge >= 0.3 is 5.97 Å². The number of para-hydroxylation sites is 1. The number of nitrogens with one attached hydrogen (secondary N) is 2. The van der Waals surface area contributed by atoms with Crippen LogP contribution in [0.15, 0.2) is 63.8 Å². The molecule has 4 N–H and O–H groups in total. The Labute approximate surface area is 217 Å². The number of benzene rings is 2. The lowest BCUT2D eigenvalue weighted by Gasteiger charge is -2.46. The number of carboxylic acid groups (broad SMARTS) is 1. The Morgan fingerprint density at radius 3 is 2.62 bits per heavy atom. The molecular weight excluding hydrogens is 468 g/mol. The topological polar surface area (TPSA) is 112 Å². The van der Waals surface area contributed by atoms with Gasteiger partial charge < -0.3 is 25.3 Å². The van der Waals surface area contributed by atoms with E-state index < -0.39 is 11.5 Å². The van der Waals surface area contributed by atoms with E-state index in [4.69, 9.17) is 4.42 Å². The number of hydrogen-bond acceptors (Lipinski definition) is 6. The number of fused-ring (bicyclic) bond motifs is 1. The highest BCUT2D eigenvalue weighted by Crippen LogP contribution is 2.47. The minimum absolute atomic E-state index is 0.0753. The summed E-state index contributed by atoms with van der Waals surface area (Å²) in [6.07, 6.45) is 3.04. The normalized spacial score (nSPS) is 22.6. The number of aryl methyl sites for hydroxylation is 1. The molecule has 2 aromatic carbocycles. The molecule has 0 spiro atoms. The molecule has 196 valence electrons. The van der Waals surface area contributed by atoms with Crippen molar-refractivity contribution in [1.82, 2.24) is 0 Å². The van der Waals surface area contributed by atoms with Gasteiger partial charge in [-0.25, -0.2) is 4.79 Å². The van der Waals surface area contributed by atoms with Crippen molar-refractivity contribution in [3.8, 4) is 0 Å². The van der Waals surface area contributed by atoms with Gasteiger partial charge in [0.15, 0.2) is 11.3 Å². The highest BCUT2D eigenvalue weighted by Gasteiger charge is 2.43. The molecule has 1 aromatic heterocycles. The number of carbonyl (C=O) groups is 1. The fourth-order valence-corrected chi connectivity index (χ4v) is 5.88. The molecule has 1 fully saturated rings. The Kier molecular flexibility index (Phi) is 7.20. The predicted octanol–water partition coefficient (Wildman–Crippen LogP) is 6.27. The third-order valence-corrected chi connectivity index (χ3v) is 7.54. The number of hydrogen-bond donors (Lipinski definition) is 4. The summed E-state index contributed by atoms with van der Waals surface area (Å²) in [5, 5.41) is 27.0. The van der Waals surface area contributed by atoms with Crippen molar-refractivity contribution in [2.45, 2.75) is 65.0 Å². The molecule has 3 atom stereocenters. The van der Waals surface area contributed by atoms with E-state index in [-0.39, 0.29) is 29.1 Å². The Balaban J connectivity index is 1.74. The van der Waals surface area contributed by atoms with Crippen LogP contribution in [0.5, 0.6) is 0 Å². The van der Waals surface area contributed by atoms with Gasteiger partial charge in [0.1, 0.15) is 5.58 Å². The lowest BCUT2D eigenvalue weighted by Crippen LogP contribution is -2.47. The van der Waals surface area contributed by atoms with Crippen molar-refractivity contribution < 1.29 is 19.4 Å². The number of carboxylic acids is 1. The molecule has 1 saturated carbocycles. The zero-order chi connectivity index (χ0) is 27.0. The van der Waals surface area contributed by atoms with Crippen molar-refractivity contribution in [2.24, 2.45) is 5.41 Å². The quantitative estimate of drug-likeness (QED) is 0.267. The second kappa shape index (κ2) is 10.1. The van der Waals surface area contributed by atoms with Gasteiger partial charge in [-0.3, -0.25) is 4.79 Å². The number of aromatic carboxylic acids is 1. The van der Waals surface area contributed by atoms with E-state index in [2.05, 4.69) is 31.1 Å². The zero-order valence-electron chi connectivity index (χ0n) is 22.0. The molecule has 3 aromatic rings. The molecule has 0 saturated heterocycles. The zero-order valence-corrected chi connectivity index (χ0v) is 22.0. The van der Waals surface area contributed by atoms with Gasteiger partial charge in [0.25, 0.3) is 0 Å². The van der Waals surface area contributed by atoms with E-state index >= 15 is 0 Å². The van der Waals surface area contributed by atoms with Crippen LogP contribution in [0.1, 0.15) is 74.0 Å². The van der Waals surface area contributed by atoms with Crippen molar-refractivity contribution in [2.75, 3.05) is 17.2 Å². The second-order valence-electron chi connectivity index (χ2n) is 10.9. The smallest absolute Gasteiger partial charge is 0.337 e. The largest absolute Gasteiger partial charge is 0.478 e. The molecular formula is C30H36N2O5. The van der Waals surface area contributed by atoms with Crippen LogP contribution in [0.3, 0.4) is 0 Å². The van der Waals surface area contributed by atoms with E-state index in [0.29, 0.717) is 29.0 Å². The minimum Gasteiger partial charge on any atom is -0.478 e. The third-order valence-electron chi connectivity index (χ3n) is 7.54. The number of anilines is 2. The van der Waals surface area contributed by atoms with Crippen LogP contribution in [-0.2, 0) is 0 Å². The van der Waals surface area contributed by atoms with E-state index in [1.807, 2.05) is 26.0 Å². The van der Waals surface area contributed by atoms with Crippen LogP contribution in [0.2, 0.25) is 0 Å². The molecule has 3 unspecified atom stereocenters. The van der Waals surface area contributed by atoms with E-state index in [0.717, 1.165) is 36.0 Å². The highest BCUT2D eigenvalue weighted by atomic mass is 16.4. The summed E-state index contributed by atoms with van der Waals surface area (Å²) in [5.74, 6) is -0.656. The van der Waals surface area contributed by atoms with Gasteiger partial charge in [0, 0.05) is 29.5 Å². The minimum atomic E-state index is -1.02. The Hall–Kier alpha value is -3.58. The van der Waals surface area contributed by atoms with Crippen LogP contribution in [0.4, 0.5) is 11.6 Å². The molecule has 4 rings (SSSR count). The van der Waals surface area contributed by atoms with Crippen molar-refractivity contribution in [1.29, 1.82) is 0 Å². The van der Waals surface area contributed by atoms with Gasteiger partial charge in [0.05, 0.1) is 17.0 Å². The first-order valence-electron chi connectivity index (χ1n) is 12.7. The van der Waals surface area contributed by atoms with Crippen LogP contribution in [-0.4, -0.2) is 28.3 Å². The molecule has 7 nitrogen and oxygen atoms in total. The fraction of sp³-hybridized carbons (Fsp3) is 0.400. The average Bonchev–Trinajstić information content (AvgIpc) is 2.83. The molecule has 1 aliphatic carbocycles. The summed E-state index contributed by atoms with van der Waals surface area (Å²) in [7, 11) is 0. The van der Waals surface area contributed by atoms with Crippen LogP contribution in [0.25, 0.3) is 11.0 Å². The average molecular weight is 505 g/mol. The molecule has 7 heteroatoms. The third kappa shape index (κ3) is 5.42. The maximum absolute atomic E-state index is 13.2. The highest BCUT2D eigenvalue weighted by molar-refractivity contribution is 5.94. The summed E-state index contributed by atoms with van der Waals surface area (Å²) >= 11 is 0. The summed E-state index contributed by atoms with van der Waals surface area (Å²) < 4.78 is 6.34. The molecule has 0 bridgehead atoms. The first-order valence-corrected chi connectivity index (χ1v) is 12.7. The lowest BCUT2D eigenvalue weighted by molar-refractivity contribution is 0.0698. The van der Waals surface area contributed by atoms with Gasteiger partial charge in [-0.2, -0.15) is 0 Å². The van der Waals surface area contributed by atoms with Crippen molar-refractivity contribution in [3.63, 3.8) is 0 Å². The summed E-state index contributed by atoms with van der Waals surface area (Å²) in [4.78, 5) is 24.9. The second-order valence-corrected chi connectivity index (χ2v) is 10.9. The van der Waals surface area contributed by atoms with Crippen LogP contribution in [0, 0.1) is 12.3 Å². The van der Waals surface area contributed by atoms with Gasteiger partial charge in [0.2, 0.25) is 0 Å². The molecule has 0 aliphatic heterocycles. The number of aliphatic hydroxyl groups is 1. The predicted molar refractivity (Wildman–Crippen MR) is 147 cm³/mol. The Morgan fingerprint density at radius 1 is 1.22 bits per heavy atom. The molecule has 0 radical (unpaired) electrons. The first kappa shape index (κ1) is 26.5. The number of aliphatic hydroxyl groups excluding tert-OH is 1. The van der Waals surface area contributed by atoms with Gasteiger partial charge in [-0.15, -0.1) is 0 Å². The number of rotatable bonds is 8. The molecule has 37 heavy (non-hydrogen) atoms. The van der Waals surface area contributed by atoms with Gasteiger partial charge in [-0.1, -0.05) is 37.3 Å². The molecule has 1 aliphatic rings. The Bertz CT molecular complexity index is 1400. The maximum atomic E-state index is 13.2. The summed E-state index contributed by atoms with van der Waals surface area (Å²) in [6, 6.07) is 11.6. The molecule has 1 heterocycles. The lowest BCUT2D eigenvalue weighted by atomic mass is 9.64. The standard InChI is InChI=1S/C30H36N2O5/c1-6-30(17-33)15-19(3)14-29(5,16-30)32-26-13-25(34)23-12-18(2)11-22(27(23)37-26)20(4)31-24-10-8-7-9-21(24)28(35)36/h7-13,20,31-33H,3,6,14-17H2,1-2,4-5H3,(H,35,36). The van der Waals surface area contributed by atoms with E-state index in [1.165, 1.54) is 6.07 Å². The molecule has 0 amide bonds. The maximum Gasteiger partial charge on any atom is 0.337 e. The summed E-state index contributed by atoms with van der Waals surface area (Å²) in [5.41, 5.74) is 2.98. The van der Waals surface area contributed by atoms with Crippen LogP contribution < -0.4 is 16.1 Å².